The molecular formula is C21H22N2O2. The Morgan fingerprint density at radius 2 is 1.80 bits per heavy atom. The first-order chi connectivity index (χ1) is 12.0. The molecule has 0 bridgehead atoms. The van der Waals surface area contributed by atoms with Crippen LogP contribution in [0.25, 0.3) is 11.3 Å². The van der Waals surface area contributed by atoms with Crippen LogP contribution in [0.4, 0.5) is 5.69 Å². The number of aromatic nitrogens is 1. The van der Waals surface area contributed by atoms with Crippen LogP contribution >= 0.6 is 0 Å². The normalized spacial score (nSPS) is 10.7. The predicted molar refractivity (Wildman–Crippen MR) is 99.5 cm³/mol. The van der Waals surface area contributed by atoms with Crippen LogP contribution in [-0.2, 0) is 11.2 Å². The van der Waals surface area contributed by atoms with E-state index < -0.39 is 0 Å². The quantitative estimate of drug-likeness (QED) is 0.726. The SMILES string of the molecule is Cc1ccc(NC(=O)CCc2ncc(-c3ccc(C)c(C)c3)o2)cc1. The van der Waals surface area contributed by atoms with Crippen LogP contribution in [0, 0.1) is 20.8 Å². The monoisotopic (exact) mass is 334 g/mol. The summed E-state index contributed by atoms with van der Waals surface area (Å²) in [6.07, 6.45) is 2.53. The van der Waals surface area contributed by atoms with Gasteiger partial charge in [0.05, 0.1) is 6.20 Å². The van der Waals surface area contributed by atoms with Crippen LogP contribution in [0.2, 0.25) is 0 Å². The average molecular weight is 334 g/mol. The zero-order chi connectivity index (χ0) is 17.8. The number of amides is 1. The molecule has 3 aromatic rings. The van der Waals surface area contributed by atoms with Gasteiger partial charge in [0.15, 0.2) is 11.7 Å². The Hall–Kier alpha value is -2.88. The number of aryl methyl sites for hydroxylation is 4. The second-order valence-electron chi connectivity index (χ2n) is 6.33. The molecule has 1 heterocycles. The van der Waals surface area contributed by atoms with E-state index >= 15 is 0 Å². The third kappa shape index (κ3) is 4.35. The molecule has 25 heavy (non-hydrogen) atoms. The van der Waals surface area contributed by atoms with Crippen molar-refractivity contribution < 1.29 is 9.21 Å². The zero-order valence-corrected chi connectivity index (χ0v) is 14.8. The number of anilines is 1. The second-order valence-corrected chi connectivity index (χ2v) is 6.33. The molecule has 128 valence electrons. The van der Waals surface area contributed by atoms with Crippen LogP contribution in [0.1, 0.15) is 29.0 Å². The number of carbonyl (C=O) groups excluding carboxylic acids is 1. The second kappa shape index (κ2) is 7.34. The number of carbonyl (C=O) groups is 1. The third-order valence-electron chi connectivity index (χ3n) is 4.25. The van der Waals surface area contributed by atoms with Crippen LogP contribution in [0.3, 0.4) is 0 Å². The van der Waals surface area contributed by atoms with E-state index in [1.807, 2.05) is 37.3 Å². The Labute approximate surface area is 147 Å². The van der Waals surface area contributed by atoms with E-state index in [0.29, 0.717) is 18.7 Å². The Kier molecular flexibility index (Phi) is 4.98. The Morgan fingerprint density at radius 1 is 1.04 bits per heavy atom. The number of hydrogen-bond acceptors (Lipinski definition) is 3. The van der Waals surface area contributed by atoms with E-state index in [0.717, 1.165) is 22.6 Å². The van der Waals surface area contributed by atoms with Gasteiger partial charge in [-0.05, 0) is 50.1 Å². The van der Waals surface area contributed by atoms with E-state index in [2.05, 4.69) is 36.3 Å². The van der Waals surface area contributed by atoms with Crippen molar-refractivity contribution in [2.45, 2.75) is 33.6 Å². The maximum atomic E-state index is 12.0. The molecule has 1 aromatic heterocycles. The Bertz CT molecular complexity index is 879. The van der Waals surface area contributed by atoms with Crippen molar-refractivity contribution in [3.8, 4) is 11.3 Å². The standard InChI is InChI=1S/C21H22N2O2/c1-14-4-8-18(9-5-14)23-20(24)10-11-21-22-13-19(25-21)17-7-6-15(2)16(3)12-17/h4-9,12-13H,10-11H2,1-3H3,(H,23,24). The first kappa shape index (κ1) is 17.0. The molecule has 0 saturated heterocycles. The fraction of sp³-hybridized carbons (Fsp3) is 0.238. The zero-order valence-electron chi connectivity index (χ0n) is 14.8. The summed E-state index contributed by atoms with van der Waals surface area (Å²) in [6, 6.07) is 13.9. The molecule has 0 spiro atoms. The van der Waals surface area contributed by atoms with Crippen LogP contribution < -0.4 is 5.32 Å². The fourth-order valence-electron chi connectivity index (χ4n) is 2.53. The van der Waals surface area contributed by atoms with Crippen molar-refractivity contribution in [2.75, 3.05) is 5.32 Å². The van der Waals surface area contributed by atoms with E-state index in [4.69, 9.17) is 4.42 Å². The summed E-state index contributed by atoms with van der Waals surface area (Å²) >= 11 is 0. The number of nitrogens with one attached hydrogen (secondary N) is 1. The fourth-order valence-corrected chi connectivity index (χ4v) is 2.53. The molecule has 3 rings (SSSR count). The minimum Gasteiger partial charge on any atom is -0.441 e. The van der Waals surface area contributed by atoms with Crippen LogP contribution in [0.5, 0.6) is 0 Å². The molecule has 4 heteroatoms. The van der Waals surface area contributed by atoms with Crippen LogP contribution in [-0.4, -0.2) is 10.9 Å². The minimum absolute atomic E-state index is 0.0465. The van der Waals surface area contributed by atoms with E-state index in [-0.39, 0.29) is 5.91 Å². The summed E-state index contributed by atoms with van der Waals surface area (Å²) in [7, 11) is 0. The lowest BCUT2D eigenvalue weighted by Gasteiger charge is -2.04. The summed E-state index contributed by atoms with van der Waals surface area (Å²) in [5, 5.41) is 2.88. The van der Waals surface area contributed by atoms with Crippen molar-refractivity contribution >= 4 is 11.6 Å². The molecule has 0 fully saturated rings. The predicted octanol–water partition coefficient (Wildman–Crippen LogP) is 4.84. The highest BCUT2D eigenvalue weighted by atomic mass is 16.4. The average Bonchev–Trinajstić information content (AvgIpc) is 3.07. The molecule has 0 atom stereocenters. The van der Waals surface area contributed by atoms with Gasteiger partial charge in [0.1, 0.15) is 0 Å². The Balaban J connectivity index is 1.58. The highest BCUT2D eigenvalue weighted by molar-refractivity contribution is 5.90. The molecule has 0 saturated carbocycles. The lowest BCUT2D eigenvalue weighted by molar-refractivity contribution is -0.116. The molecule has 1 amide bonds. The topological polar surface area (TPSA) is 55.1 Å². The lowest BCUT2D eigenvalue weighted by atomic mass is 10.1. The third-order valence-corrected chi connectivity index (χ3v) is 4.25. The largest absolute Gasteiger partial charge is 0.441 e. The van der Waals surface area contributed by atoms with Gasteiger partial charge in [0.2, 0.25) is 5.91 Å². The van der Waals surface area contributed by atoms with Gasteiger partial charge < -0.3 is 9.73 Å². The molecule has 0 aliphatic rings. The molecule has 0 unspecified atom stereocenters. The van der Waals surface area contributed by atoms with Gasteiger partial charge in [0, 0.05) is 24.1 Å². The minimum atomic E-state index is -0.0465. The smallest absolute Gasteiger partial charge is 0.224 e. The number of rotatable bonds is 5. The maximum Gasteiger partial charge on any atom is 0.224 e. The van der Waals surface area contributed by atoms with Gasteiger partial charge in [-0.2, -0.15) is 0 Å². The molecule has 0 aliphatic carbocycles. The summed E-state index contributed by atoms with van der Waals surface area (Å²) < 4.78 is 5.79. The number of nitrogens with zero attached hydrogens (tertiary/aromatic N) is 1. The molecule has 1 N–H and O–H groups in total. The van der Waals surface area contributed by atoms with Crippen molar-refractivity contribution in [3.05, 3.63) is 71.2 Å². The highest BCUT2D eigenvalue weighted by Gasteiger charge is 2.10. The number of hydrogen-bond donors (Lipinski definition) is 1. The van der Waals surface area contributed by atoms with Gasteiger partial charge in [-0.1, -0.05) is 29.8 Å². The Morgan fingerprint density at radius 3 is 2.52 bits per heavy atom. The molecule has 4 nitrogen and oxygen atoms in total. The van der Waals surface area contributed by atoms with Gasteiger partial charge in [-0.25, -0.2) is 4.98 Å². The van der Waals surface area contributed by atoms with Crippen molar-refractivity contribution in [2.24, 2.45) is 0 Å². The lowest BCUT2D eigenvalue weighted by Crippen LogP contribution is -2.12. The van der Waals surface area contributed by atoms with E-state index in [1.165, 1.54) is 11.1 Å². The first-order valence-corrected chi connectivity index (χ1v) is 8.40. The number of benzene rings is 2. The first-order valence-electron chi connectivity index (χ1n) is 8.40. The van der Waals surface area contributed by atoms with Crippen molar-refractivity contribution in [1.29, 1.82) is 0 Å². The van der Waals surface area contributed by atoms with Gasteiger partial charge >= 0.3 is 0 Å². The van der Waals surface area contributed by atoms with Gasteiger partial charge in [0.25, 0.3) is 0 Å². The molecule has 0 radical (unpaired) electrons. The molecule has 0 aliphatic heterocycles. The van der Waals surface area contributed by atoms with Gasteiger partial charge in [-0.15, -0.1) is 0 Å². The van der Waals surface area contributed by atoms with Gasteiger partial charge in [-0.3, -0.25) is 4.79 Å². The van der Waals surface area contributed by atoms with E-state index in [1.54, 1.807) is 6.20 Å². The summed E-state index contributed by atoms with van der Waals surface area (Å²) in [6.45, 7) is 6.17. The van der Waals surface area contributed by atoms with E-state index in [9.17, 15) is 4.79 Å². The van der Waals surface area contributed by atoms with Crippen molar-refractivity contribution in [3.63, 3.8) is 0 Å². The number of oxazole rings is 1. The molecule has 2 aromatic carbocycles. The summed E-state index contributed by atoms with van der Waals surface area (Å²) in [5.74, 6) is 1.26. The summed E-state index contributed by atoms with van der Waals surface area (Å²) in [5.41, 5.74) is 5.44. The molecular weight excluding hydrogens is 312 g/mol. The maximum absolute atomic E-state index is 12.0. The van der Waals surface area contributed by atoms with Crippen LogP contribution in [0.15, 0.2) is 53.1 Å². The van der Waals surface area contributed by atoms with Crippen molar-refractivity contribution in [1.82, 2.24) is 4.98 Å². The summed E-state index contributed by atoms with van der Waals surface area (Å²) in [4.78, 5) is 16.3. The highest BCUT2D eigenvalue weighted by Crippen LogP contribution is 2.23.